The Morgan fingerprint density at radius 1 is 1.17 bits per heavy atom. The third kappa shape index (κ3) is 1.47. The third-order valence-electron chi connectivity index (χ3n) is 8.38. The van der Waals surface area contributed by atoms with Crippen molar-refractivity contribution in [3.63, 3.8) is 0 Å². The summed E-state index contributed by atoms with van der Waals surface area (Å²) in [4.78, 5) is 12.5. The van der Waals surface area contributed by atoms with Gasteiger partial charge in [0.05, 0.1) is 13.2 Å². The van der Waals surface area contributed by atoms with Crippen LogP contribution in [0.1, 0.15) is 59.7 Å². The van der Waals surface area contributed by atoms with E-state index in [1.165, 1.54) is 0 Å². The fourth-order valence-electron chi connectivity index (χ4n) is 7.11. The highest BCUT2D eigenvalue weighted by molar-refractivity contribution is 5.87. The lowest BCUT2D eigenvalue weighted by Gasteiger charge is -2.48. The average Bonchev–Trinajstić information content (AvgIpc) is 2.88. The smallest absolute Gasteiger partial charge is 0.171 e. The summed E-state index contributed by atoms with van der Waals surface area (Å²) in [7, 11) is 0. The number of carbonyl (C=O) groups excluding carboxylic acids is 1. The zero-order valence-electron chi connectivity index (χ0n) is 14.4. The van der Waals surface area contributed by atoms with Crippen LogP contribution in [0, 0.1) is 17.3 Å². The van der Waals surface area contributed by atoms with Gasteiger partial charge in [-0.3, -0.25) is 4.79 Å². The van der Waals surface area contributed by atoms with Gasteiger partial charge in [0.2, 0.25) is 0 Å². The molecule has 5 atom stereocenters. The monoisotopic (exact) mass is 332 g/mol. The summed E-state index contributed by atoms with van der Waals surface area (Å²) in [5, 5.41) is 0. The first-order valence-corrected chi connectivity index (χ1v) is 9.75. The van der Waals surface area contributed by atoms with E-state index < -0.39 is 0 Å². The SMILES string of the molecule is C[C@]12CC=C3[C@@H](CC[C@@]45CC6(CC[C@@]34O5)OCCO6)C1CCC2=O.[HH]. The minimum atomic E-state index is -0.375. The Hall–Kier alpha value is -0.710. The summed E-state index contributed by atoms with van der Waals surface area (Å²) in [5.74, 6) is 1.21. The van der Waals surface area contributed by atoms with E-state index in [1.54, 1.807) is 5.57 Å². The maximum Gasteiger partial charge on any atom is 0.171 e. The minimum Gasteiger partial charge on any atom is -0.358 e. The van der Waals surface area contributed by atoms with Gasteiger partial charge in [-0.05, 0) is 49.5 Å². The van der Waals surface area contributed by atoms with Gasteiger partial charge in [-0.25, -0.2) is 0 Å². The van der Waals surface area contributed by atoms with E-state index in [1.807, 2.05) is 0 Å². The predicted molar refractivity (Wildman–Crippen MR) is 88.4 cm³/mol. The lowest BCUT2D eigenvalue weighted by atomic mass is 9.54. The molecule has 0 aromatic carbocycles. The van der Waals surface area contributed by atoms with Crippen LogP contribution in [0.2, 0.25) is 0 Å². The van der Waals surface area contributed by atoms with Crippen molar-refractivity contribution in [2.45, 2.75) is 75.3 Å². The molecule has 6 rings (SSSR count). The minimum absolute atomic E-state index is 0. The number of hydrogen-bond donors (Lipinski definition) is 0. The van der Waals surface area contributed by atoms with Gasteiger partial charge in [0.25, 0.3) is 0 Å². The molecule has 6 aliphatic rings. The van der Waals surface area contributed by atoms with Crippen LogP contribution < -0.4 is 0 Å². The molecule has 1 unspecified atom stereocenters. The first-order valence-electron chi connectivity index (χ1n) is 9.75. The third-order valence-corrected chi connectivity index (χ3v) is 8.38. The fraction of sp³-hybridized carbons (Fsp3) is 0.850. The zero-order valence-corrected chi connectivity index (χ0v) is 14.4. The number of ketones is 1. The van der Waals surface area contributed by atoms with Gasteiger partial charge >= 0.3 is 0 Å². The topological polar surface area (TPSA) is 48.1 Å². The van der Waals surface area contributed by atoms with E-state index in [2.05, 4.69) is 13.0 Å². The van der Waals surface area contributed by atoms with Crippen molar-refractivity contribution in [3.05, 3.63) is 11.6 Å². The van der Waals surface area contributed by atoms with Crippen LogP contribution in [0.5, 0.6) is 0 Å². The van der Waals surface area contributed by atoms with Crippen LogP contribution in [0.15, 0.2) is 11.6 Å². The average molecular weight is 332 g/mol. The molecule has 5 fully saturated rings. The largest absolute Gasteiger partial charge is 0.358 e. The predicted octanol–water partition coefficient (Wildman–Crippen LogP) is 3.39. The van der Waals surface area contributed by atoms with Crippen molar-refractivity contribution in [1.29, 1.82) is 0 Å². The molecule has 2 aliphatic heterocycles. The van der Waals surface area contributed by atoms with Crippen LogP contribution in [0.4, 0.5) is 0 Å². The van der Waals surface area contributed by atoms with Crippen molar-refractivity contribution in [2.24, 2.45) is 17.3 Å². The molecule has 4 nitrogen and oxygen atoms in total. The number of rotatable bonds is 0. The standard InChI is InChI=1S/C20H26O4.H2/c1-17-6-5-15-13(14(17)2-3-16(17)21)4-7-18-12-19(22-10-11-23-19)8-9-20(15,18)24-18;/h5,13-14H,2-4,6-12H2,1H3;1H/t13-,14?,17-,18+,20+;/m0./s1. The molecule has 3 saturated carbocycles. The fourth-order valence-corrected chi connectivity index (χ4v) is 7.11. The molecule has 0 aromatic heterocycles. The van der Waals surface area contributed by atoms with Crippen LogP contribution in [-0.4, -0.2) is 36.0 Å². The Kier molecular flexibility index (Phi) is 2.51. The zero-order chi connectivity index (χ0) is 16.2. The Morgan fingerprint density at radius 3 is 2.83 bits per heavy atom. The normalized spacial score (nSPS) is 53.9. The molecule has 0 bridgehead atoms. The molecule has 0 radical (unpaired) electrons. The highest BCUT2D eigenvalue weighted by atomic mass is 16.7. The molecule has 4 heteroatoms. The number of fused-ring (bicyclic) bond motifs is 3. The van der Waals surface area contributed by atoms with Crippen molar-refractivity contribution < 1.29 is 20.4 Å². The van der Waals surface area contributed by atoms with Crippen LogP contribution in [0.3, 0.4) is 0 Å². The maximum atomic E-state index is 12.5. The van der Waals surface area contributed by atoms with Crippen molar-refractivity contribution in [3.8, 4) is 0 Å². The number of epoxide rings is 1. The molecule has 0 amide bonds. The van der Waals surface area contributed by atoms with E-state index in [-0.39, 0.29) is 23.8 Å². The molecule has 4 aliphatic carbocycles. The number of hydrogen-bond acceptors (Lipinski definition) is 4. The Morgan fingerprint density at radius 2 is 2.00 bits per heavy atom. The lowest BCUT2D eigenvalue weighted by molar-refractivity contribution is -0.185. The van der Waals surface area contributed by atoms with Gasteiger partial charge in [-0.2, -0.15) is 0 Å². The molecule has 24 heavy (non-hydrogen) atoms. The molecule has 2 saturated heterocycles. The quantitative estimate of drug-likeness (QED) is 0.504. The van der Waals surface area contributed by atoms with Crippen molar-refractivity contribution in [1.82, 2.24) is 0 Å². The summed E-state index contributed by atoms with van der Waals surface area (Å²) in [6.07, 6.45) is 10.3. The molecule has 1 spiro atoms. The van der Waals surface area contributed by atoms with Crippen molar-refractivity contribution >= 4 is 5.78 Å². The molecule has 132 valence electrons. The second-order valence-corrected chi connectivity index (χ2v) is 9.20. The molecular formula is C20H28O4. The van der Waals surface area contributed by atoms with Gasteiger partial charge in [0.1, 0.15) is 17.0 Å². The number of carbonyl (C=O) groups is 1. The molecule has 2 heterocycles. The van der Waals surface area contributed by atoms with Crippen LogP contribution >= 0.6 is 0 Å². The van der Waals surface area contributed by atoms with Gasteiger partial charge in [0, 0.05) is 26.1 Å². The first kappa shape index (κ1) is 14.5. The number of allylic oxidation sites excluding steroid dienone is 1. The lowest BCUT2D eigenvalue weighted by Crippen LogP contribution is -2.51. The summed E-state index contributed by atoms with van der Waals surface area (Å²) in [5.41, 5.74) is 1.34. The van der Waals surface area contributed by atoms with Gasteiger partial charge in [0.15, 0.2) is 5.79 Å². The summed E-state index contributed by atoms with van der Waals surface area (Å²) in [6, 6.07) is 0. The van der Waals surface area contributed by atoms with E-state index in [4.69, 9.17) is 14.2 Å². The van der Waals surface area contributed by atoms with E-state index in [9.17, 15) is 4.79 Å². The second-order valence-electron chi connectivity index (χ2n) is 9.20. The number of ether oxygens (including phenoxy) is 3. The summed E-state index contributed by atoms with van der Waals surface area (Å²) in [6.45, 7) is 3.65. The van der Waals surface area contributed by atoms with Crippen molar-refractivity contribution in [2.75, 3.05) is 13.2 Å². The molecular weight excluding hydrogens is 304 g/mol. The van der Waals surface area contributed by atoms with E-state index in [0.29, 0.717) is 17.6 Å². The van der Waals surface area contributed by atoms with Gasteiger partial charge in [-0.1, -0.05) is 13.0 Å². The highest BCUT2D eigenvalue weighted by Crippen LogP contribution is 2.73. The summed E-state index contributed by atoms with van der Waals surface area (Å²) >= 11 is 0. The Balaban J connectivity index is 0.00000140. The second kappa shape index (κ2) is 4.16. The highest BCUT2D eigenvalue weighted by Gasteiger charge is 2.79. The number of Topliss-reactive ketones (excluding diaryl/α,β-unsaturated/α-hetero) is 1. The molecule has 0 N–H and O–H groups in total. The first-order chi connectivity index (χ1) is 11.5. The molecule has 0 aromatic rings. The van der Waals surface area contributed by atoms with Crippen LogP contribution in [-0.2, 0) is 19.0 Å². The maximum absolute atomic E-state index is 12.5. The van der Waals surface area contributed by atoms with Gasteiger partial charge < -0.3 is 14.2 Å². The van der Waals surface area contributed by atoms with E-state index in [0.717, 1.165) is 64.6 Å². The van der Waals surface area contributed by atoms with Crippen LogP contribution in [0.25, 0.3) is 0 Å². The Bertz CT molecular complexity index is 669. The van der Waals surface area contributed by atoms with Gasteiger partial charge in [-0.15, -0.1) is 0 Å². The Labute approximate surface area is 144 Å². The van der Waals surface area contributed by atoms with E-state index >= 15 is 0 Å². The summed E-state index contributed by atoms with van der Waals surface area (Å²) < 4.78 is 18.5.